The van der Waals surface area contributed by atoms with Crippen molar-refractivity contribution in [1.82, 2.24) is 15.2 Å². The van der Waals surface area contributed by atoms with E-state index in [4.69, 9.17) is 23.2 Å². The van der Waals surface area contributed by atoms with Crippen molar-refractivity contribution < 1.29 is 4.39 Å². The zero-order valence-electron chi connectivity index (χ0n) is 17.1. The minimum absolute atomic E-state index is 0.267. The number of nitrogens with zero attached hydrogens (tertiary/aromatic N) is 3. The summed E-state index contributed by atoms with van der Waals surface area (Å²) in [6.07, 6.45) is 5.11. The lowest BCUT2D eigenvalue weighted by Gasteiger charge is -2.31. The van der Waals surface area contributed by atoms with E-state index in [1.807, 2.05) is 31.2 Å². The summed E-state index contributed by atoms with van der Waals surface area (Å²) in [4.78, 5) is 5.70. The number of anilines is 1. The van der Waals surface area contributed by atoms with Crippen molar-refractivity contribution in [2.75, 3.05) is 18.0 Å². The summed E-state index contributed by atoms with van der Waals surface area (Å²) in [6, 6.07) is 10.6. The van der Waals surface area contributed by atoms with Gasteiger partial charge in [0.15, 0.2) is 0 Å². The Morgan fingerprint density at radius 2 is 1.84 bits per heavy atom. The van der Waals surface area contributed by atoms with Gasteiger partial charge in [-0.1, -0.05) is 29.3 Å². The number of nitrogens with one attached hydrogen (secondary N) is 1. The number of aryl methyl sites for hydroxylation is 1. The Balaban J connectivity index is 1.77. The van der Waals surface area contributed by atoms with Gasteiger partial charge in [-0.3, -0.25) is 0 Å². The monoisotopic (exact) mass is 454 g/mol. The Hall–Kier alpha value is -2.63. The van der Waals surface area contributed by atoms with Crippen LogP contribution >= 0.6 is 23.2 Å². The van der Waals surface area contributed by atoms with Crippen LogP contribution in [0.1, 0.15) is 24.8 Å². The summed E-state index contributed by atoms with van der Waals surface area (Å²) in [6.45, 7) is 3.70. The van der Waals surface area contributed by atoms with Crippen molar-refractivity contribution in [3.8, 4) is 22.5 Å². The summed E-state index contributed by atoms with van der Waals surface area (Å²) in [5, 5.41) is 10.9. The highest BCUT2D eigenvalue weighted by Crippen LogP contribution is 2.43. The highest BCUT2D eigenvalue weighted by atomic mass is 35.5. The average Bonchev–Trinajstić information content (AvgIpc) is 3.08. The van der Waals surface area contributed by atoms with Gasteiger partial charge in [0.25, 0.3) is 0 Å². The second-order valence-electron chi connectivity index (χ2n) is 8.02. The molecular formula is C24H21Cl2FN4. The van der Waals surface area contributed by atoms with E-state index in [-0.39, 0.29) is 5.82 Å². The highest BCUT2D eigenvalue weighted by molar-refractivity contribution is 6.39. The first-order valence-electron chi connectivity index (χ1n) is 10.4. The number of aromatic amines is 1. The molecule has 158 valence electrons. The molecule has 2 aromatic carbocycles. The molecule has 31 heavy (non-hydrogen) atoms. The number of aromatic nitrogens is 3. The summed E-state index contributed by atoms with van der Waals surface area (Å²) in [5.41, 5.74) is 5.62. The Morgan fingerprint density at radius 3 is 2.61 bits per heavy atom. The largest absolute Gasteiger partial charge is 0.369 e. The van der Waals surface area contributed by atoms with Gasteiger partial charge in [0.2, 0.25) is 0 Å². The van der Waals surface area contributed by atoms with Crippen LogP contribution in [0.5, 0.6) is 0 Å². The molecule has 0 amide bonds. The van der Waals surface area contributed by atoms with Crippen LogP contribution in [-0.2, 0) is 0 Å². The molecule has 4 nitrogen and oxygen atoms in total. The van der Waals surface area contributed by atoms with Gasteiger partial charge in [0.05, 0.1) is 22.6 Å². The first-order valence-corrected chi connectivity index (χ1v) is 11.1. The van der Waals surface area contributed by atoms with Gasteiger partial charge >= 0.3 is 0 Å². The molecule has 0 atom stereocenters. The topological polar surface area (TPSA) is 44.8 Å². The smallest absolute Gasteiger partial charge is 0.135 e. The van der Waals surface area contributed by atoms with Crippen LogP contribution in [0.2, 0.25) is 10.0 Å². The second kappa shape index (κ2) is 8.13. The molecule has 0 unspecified atom stereocenters. The van der Waals surface area contributed by atoms with Gasteiger partial charge in [-0.05, 0) is 67.6 Å². The van der Waals surface area contributed by atoms with Crippen LogP contribution in [0.15, 0.2) is 42.6 Å². The summed E-state index contributed by atoms with van der Waals surface area (Å²) >= 11 is 13.0. The second-order valence-corrected chi connectivity index (χ2v) is 8.84. The van der Waals surface area contributed by atoms with Crippen molar-refractivity contribution in [2.45, 2.75) is 26.2 Å². The first-order chi connectivity index (χ1) is 15.0. The lowest BCUT2D eigenvalue weighted by atomic mass is 9.99. The minimum Gasteiger partial charge on any atom is -0.369 e. The third kappa shape index (κ3) is 3.77. The molecule has 0 aliphatic carbocycles. The van der Waals surface area contributed by atoms with Crippen LogP contribution in [0.3, 0.4) is 0 Å². The van der Waals surface area contributed by atoms with E-state index >= 15 is 0 Å². The van der Waals surface area contributed by atoms with E-state index in [2.05, 4.69) is 20.1 Å². The SMILES string of the molecule is Cc1cc(F)cc(-c2cnnc(-c3[nH]c4cc(Cl)ccc4c3Cl)c2N2CCCCC2)c1. The quantitative estimate of drug-likeness (QED) is 0.361. The molecule has 4 aromatic rings. The number of fused-ring (bicyclic) bond motifs is 1. The zero-order valence-corrected chi connectivity index (χ0v) is 18.6. The number of rotatable bonds is 3. The first kappa shape index (κ1) is 20.3. The summed E-state index contributed by atoms with van der Waals surface area (Å²) in [7, 11) is 0. The molecule has 3 heterocycles. The van der Waals surface area contributed by atoms with Crippen molar-refractivity contribution in [3.05, 3.63) is 64.0 Å². The average molecular weight is 455 g/mol. The number of hydrogen-bond acceptors (Lipinski definition) is 3. The number of piperidine rings is 1. The number of hydrogen-bond donors (Lipinski definition) is 1. The van der Waals surface area contributed by atoms with E-state index in [0.29, 0.717) is 21.4 Å². The molecule has 2 aromatic heterocycles. The van der Waals surface area contributed by atoms with Gasteiger partial charge in [-0.25, -0.2) is 4.39 Å². The van der Waals surface area contributed by atoms with Gasteiger partial charge in [-0.15, -0.1) is 5.10 Å². The van der Waals surface area contributed by atoms with Gasteiger partial charge in [0, 0.05) is 34.6 Å². The molecule has 1 fully saturated rings. The third-order valence-electron chi connectivity index (χ3n) is 5.78. The van der Waals surface area contributed by atoms with E-state index in [0.717, 1.165) is 59.2 Å². The molecule has 1 aliphatic rings. The maximum atomic E-state index is 14.3. The van der Waals surface area contributed by atoms with Crippen LogP contribution in [0.25, 0.3) is 33.4 Å². The number of benzene rings is 2. The zero-order chi connectivity index (χ0) is 21.5. The Labute approximate surface area is 190 Å². The molecule has 0 radical (unpaired) electrons. The highest BCUT2D eigenvalue weighted by Gasteiger charge is 2.25. The molecule has 0 spiro atoms. The number of H-pyrrole nitrogens is 1. The third-order valence-corrected chi connectivity index (χ3v) is 6.41. The molecule has 0 bridgehead atoms. The predicted molar refractivity (Wildman–Crippen MR) is 126 cm³/mol. The molecule has 7 heteroatoms. The van der Waals surface area contributed by atoms with Crippen LogP contribution < -0.4 is 4.90 Å². The Morgan fingerprint density at radius 1 is 1.03 bits per heavy atom. The lowest BCUT2D eigenvalue weighted by molar-refractivity contribution is 0.577. The lowest BCUT2D eigenvalue weighted by Crippen LogP contribution is -2.30. The maximum absolute atomic E-state index is 14.3. The Kier molecular flexibility index (Phi) is 5.32. The summed E-state index contributed by atoms with van der Waals surface area (Å²) in [5.74, 6) is -0.267. The van der Waals surface area contributed by atoms with Gasteiger partial charge < -0.3 is 9.88 Å². The van der Waals surface area contributed by atoms with Crippen molar-refractivity contribution in [2.24, 2.45) is 0 Å². The van der Waals surface area contributed by atoms with Crippen molar-refractivity contribution in [3.63, 3.8) is 0 Å². The predicted octanol–water partition coefficient (Wildman–Crippen LogP) is 7.04. The standard InChI is InChI=1S/C24H21Cl2FN4/c1-14-9-15(11-17(27)10-14)19-13-28-30-23(24(19)31-7-3-2-4-8-31)22-21(26)18-6-5-16(25)12-20(18)29-22/h5-6,9-13,29H,2-4,7-8H2,1H3. The fourth-order valence-corrected chi connectivity index (χ4v) is 4.86. The normalized spacial score (nSPS) is 14.4. The van der Waals surface area contributed by atoms with Crippen molar-refractivity contribution >= 4 is 39.8 Å². The van der Waals surface area contributed by atoms with Crippen LogP contribution in [-0.4, -0.2) is 28.3 Å². The van der Waals surface area contributed by atoms with Gasteiger partial charge in [-0.2, -0.15) is 5.10 Å². The molecule has 5 rings (SSSR count). The number of halogens is 3. The van der Waals surface area contributed by atoms with Crippen molar-refractivity contribution in [1.29, 1.82) is 0 Å². The van der Waals surface area contributed by atoms with E-state index in [9.17, 15) is 4.39 Å². The molecule has 1 aliphatic heterocycles. The molecule has 0 saturated carbocycles. The van der Waals surface area contributed by atoms with Crippen LogP contribution in [0.4, 0.5) is 10.1 Å². The fraction of sp³-hybridized carbons (Fsp3) is 0.250. The Bertz CT molecular complexity index is 1260. The fourth-order valence-electron chi connectivity index (χ4n) is 4.39. The van der Waals surface area contributed by atoms with Crippen LogP contribution in [0, 0.1) is 12.7 Å². The molecule has 1 N–H and O–H groups in total. The van der Waals surface area contributed by atoms with E-state index in [1.54, 1.807) is 12.3 Å². The van der Waals surface area contributed by atoms with E-state index < -0.39 is 0 Å². The molecular weight excluding hydrogens is 434 g/mol. The maximum Gasteiger partial charge on any atom is 0.135 e. The van der Waals surface area contributed by atoms with Gasteiger partial charge in [0.1, 0.15) is 11.5 Å². The minimum atomic E-state index is -0.267. The molecule has 1 saturated heterocycles. The van der Waals surface area contributed by atoms with E-state index in [1.165, 1.54) is 12.5 Å². The summed E-state index contributed by atoms with van der Waals surface area (Å²) < 4.78 is 14.3.